The number of fused-ring (bicyclic) bond motifs is 2. The Morgan fingerprint density at radius 3 is 2.50 bits per heavy atom. The molecule has 176 valence electrons. The highest BCUT2D eigenvalue weighted by atomic mass is 35.5. The van der Waals surface area contributed by atoms with Crippen LogP contribution in [0, 0.1) is 6.92 Å². The van der Waals surface area contributed by atoms with E-state index in [2.05, 4.69) is 5.32 Å². The Morgan fingerprint density at radius 2 is 1.74 bits per heavy atom. The lowest BCUT2D eigenvalue weighted by molar-refractivity contribution is 0.102. The number of rotatable bonds is 4. The number of carbonyl (C=O) groups excluding carboxylic acids is 1. The standard InChI is InChI=1S/C25H23ClN2O5S/c1-16-7-3-4-8-20(16)32-23-15-22-18(14-24(23)34(30,31)28-11-5-2-6-12-28)25(29)27-19-13-17(26)9-10-21(19)33-22/h3-4,7-10,13-15H,2,5-6,11-12H2,1H3,(H,27,29). The quantitative estimate of drug-likeness (QED) is 0.478. The fraction of sp³-hybridized carbons (Fsp3) is 0.240. The molecule has 1 amide bonds. The summed E-state index contributed by atoms with van der Waals surface area (Å²) in [6.07, 6.45) is 2.56. The van der Waals surface area contributed by atoms with Crippen LogP contribution in [0.4, 0.5) is 5.69 Å². The number of nitrogens with one attached hydrogen (secondary N) is 1. The molecule has 0 radical (unpaired) electrons. The molecule has 1 fully saturated rings. The van der Waals surface area contributed by atoms with Gasteiger partial charge < -0.3 is 14.8 Å². The maximum atomic E-state index is 13.7. The molecule has 1 N–H and O–H groups in total. The summed E-state index contributed by atoms with van der Waals surface area (Å²) >= 11 is 6.08. The topological polar surface area (TPSA) is 84.9 Å². The number of carbonyl (C=O) groups is 1. The second-order valence-corrected chi connectivity index (χ2v) is 10.7. The Hall–Kier alpha value is -3.07. The predicted octanol–water partition coefficient (Wildman–Crippen LogP) is 5.97. The van der Waals surface area contributed by atoms with E-state index in [9.17, 15) is 13.2 Å². The van der Waals surface area contributed by atoms with E-state index in [4.69, 9.17) is 21.1 Å². The van der Waals surface area contributed by atoms with Gasteiger partial charge in [-0.05, 0) is 55.7 Å². The molecule has 3 aromatic rings. The van der Waals surface area contributed by atoms with Crippen LogP contribution in [0.15, 0.2) is 59.5 Å². The number of nitrogens with zero attached hydrogens (tertiary/aromatic N) is 1. The molecule has 0 spiro atoms. The van der Waals surface area contributed by atoms with Gasteiger partial charge in [-0.25, -0.2) is 8.42 Å². The molecule has 7 nitrogen and oxygen atoms in total. The zero-order valence-corrected chi connectivity index (χ0v) is 20.1. The summed E-state index contributed by atoms with van der Waals surface area (Å²) in [5.41, 5.74) is 1.34. The summed E-state index contributed by atoms with van der Waals surface area (Å²) in [5.74, 6) is 0.713. The first-order valence-corrected chi connectivity index (χ1v) is 12.9. The van der Waals surface area contributed by atoms with Gasteiger partial charge in [0.25, 0.3) is 5.91 Å². The molecule has 0 aromatic heterocycles. The van der Waals surface area contributed by atoms with Crippen LogP contribution in [-0.2, 0) is 10.0 Å². The molecule has 0 aliphatic carbocycles. The van der Waals surface area contributed by atoms with E-state index in [1.165, 1.54) is 16.4 Å². The number of aryl methyl sites for hydroxylation is 1. The third-order valence-electron chi connectivity index (χ3n) is 5.95. The number of para-hydroxylation sites is 1. The van der Waals surface area contributed by atoms with E-state index in [0.29, 0.717) is 35.3 Å². The van der Waals surface area contributed by atoms with Crippen molar-refractivity contribution in [1.29, 1.82) is 0 Å². The van der Waals surface area contributed by atoms with Crippen LogP contribution in [-0.4, -0.2) is 31.7 Å². The highest BCUT2D eigenvalue weighted by molar-refractivity contribution is 7.89. The van der Waals surface area contributed by atoms with Crippen molar-refractivity contribution >= 4 is 33.2 Å². The van der Waals surface area contributed by atoms with Crippen LogP contribution < -0.4 is 14.8 Å². The van der Waals surface area contributed by atoms with Crippen molar-refractivity contribution in [3.05, 3.63) is 70.7 Å². The number of piperidine rings is 1. The van der Waals surface area contributed by atoms with Crippen molar-refractivity contribution in [1.82, 2.24) is 4.31 Å². The zero-order chi connectivity index (χ0) is 23.9. The molecule has 5 rings (SSSR count). The lowest BCUT2D eigenvalue weighted by Gasteiger charge is -2.27. The Balaban J connectivity index is 1.66. The minimum atomic E-state index is -3.92. The van der Waals surface area contributed by atoms with Gasteiger partial charge in [-0.3, -0.25) is 4.79 Å². The maximum Gasteiger partial charge on any atom is 0.259 e. The van der Waals surface area contributed by atoms with Crippen LogP contribution in [0.2, 0.25) is 5.02 Å². The van der Waals surface area contributed by atoms with E-state index in [0.717, 1.165) is 24.8 Å². The van der Waals surface area contributed by atoms with Crippen LogP contribution in [0.1, 0.15) is 35.2 Å². The lowest BCUT2D eigenvalue weighted by Crippen LogP contribution is -2.35. The number of sulfonamides is 1. The number of amides is 1. The van der Waals surface area contributed by atoms with E-state index in [1.807, 2.05) is 25.1 Å². The van der Waals surface area contributed by atoms with E-state index in [1.54, 1.807) is 24.3 Å². The lowest BCUT2D eigenvalue weighted by atomic mass is 10.1. The zero-order valence-electron chi connectivity index (χ0n) is 18.5. The number of hydrogen-bond acceptors (Lipinski definition) is 5. The van der Waals surface area contributed by atoms with Gasteiger partial charge in [0.1, 0.15) is 16.4 Å². The predicted molar refractivity (Wildman–Crippen MR) is 130 cm³/mol. The fourth-order valence-electron chi connectivity index (χ4n) is 4.12. The monoisotopic (exact) mass is 498 g/mol. The molecule has 0 saturated carbocycles. The first-order chi connectivity index (χ1) is 16.3. The van der Waals surface area contributed by atoms with Crippen LogP contribution >= 0.6 is 11.6 Å². The average molecular weight is 499 g/mol. The smallest absolute Gasteiger partial charge is 0.259 e. The Labute approximate surface area is 203 Å². The molecular formula is C25H23ClN2O5S. The van der Waals surface area contributed by atoms with Crippen molar-refractivity contribution in [2.24, 2.45) is 0 Å². The number of halogens is 1. The number of ether oxygens (including phenoxy) is 2. The average Bonchev–Trinajstić information content (AvgIpc) is 2.95. The van der Waals surface area contributed by atoms with Gasteiger partial charge in [0.05, 0.1) is 11.3 Å². The third kappa shape index (κ3) is 4.24. The van der Waals surface area contributed by atoms with Crippen LogP contribution in [0.3, 0.4) is 0 Å². The largest absolute Gasteiger partial charge is 0.456 e. The highest BCUT2D eigenvalue weighted by Crippen LogP contribution is 2.43. The van der Waals surface area contributed by atoms with Crippen molar-refractivity contribution in [2.75, 3.05) is 18.4 Å². The van der Waals surface area contributed by atoms with E-state index < -0.39 is 15.9 Å². The van der Waals surface area contributed by atoms with E-state index in [-0.39, 0.29) is 22.0 Å². The second-order valence-electron chi connectivity index (χ2n) is 8.32. The molecule has 0 bridgehead atoms. The van der Waals surface area contributed by atoms with Gasteiger partial charge in [-0.15, -0.1) is 0 Å². The first kappa shape index (κ1) is 22.7. The van der Waals surface area contributed by atoms with Crippen molar-refractivity contribution < 1.29 is 22.7 Å². The van der Waals surface area contributed by atoms with Gasteiger partial charge in [0.15, 0.2) is 11.5 Å². The molecule has 34 heavy (non-hydrogen) atoms. The second kappa shape index (κ2) is 8.94. The van der Waals surface area contributed by atoms with E-state index >= 15 is 0 Å². The summed E-state index contributed by atoms with van der Waals surface area (Å²) in [6.45, 7) is 2.73. The summed E-state index contributed by atoms with van der Waals surface area (Å²) in [6, 6.07) is 15.0. The summed E-state index contributed by atoms with van der Waals surface area (Å²) in [7, 11) is -3.92. The number of anilines is 1. The molecule has 3 aromatic carbocycles. The molecule has 1 saturated heterocycles. The Kier molecular flexibility index (Phi) is 5.97. The highest BCUT2D eigenvalue weighted by Gasteiger charge is 2.33. The molecule has 2 heterocycles. The number of benzene rings is 3. The fourth-order valence-corrected chi connectivity index (χ4v) is 5.93. The molecule has 2 aliphatic heterocycles. The molecule has 0 atom stereocenters. The van der Waals surface area contributed by atoms with Gasteiger partial charge in [-0.1, -0.05) is 36.2 Å². The minimum absolute atomic E-state index is 0.0702. The van der Waals surface area contributed by atoms with Gasteiger partial charge in [-0.2, -0.15) is 4.31 Å². The maximum absolute atomic E-state index is 13.7. The molecular weight excluding hydrogens is 476 g/mol. The van der Waals surface area contributed by atoms with Crippen molar-refractivity contribution in [3.63, 3.8) is 0 Å². The normalized spacial score (nSPS) is 16.0. The summed E-state index contributed by atoms with van der Waals surface area (Å²) in [4.78, 5) is 13.0. The minimum Gasteiger partial charge on any atom is -0.456 e. The van der Waals surface area contributed by atoms with Crippen LogP contribution in [0.5, 0.6) is 23.0 Å². The summed E-state index contributed by atoms with van der Waals surface area (Å²) in [5, 5.41) is 3.19. The SMILES string of the molecule is Cc1ccccc1Oc1cc2c(cc1S(=O)(=O)N1CCCCC1)C(=O)Nc1cc(Cl)ccc1O2. The van der Waals surface area contributed by atoms with Crippen molar-refractivity contribution in [2.45, 2.75) is 31.1 Å². The Bertz CT molecular complexity index is 1380. The molecule has 0 unspecified atom stereocenters. The third-order valence-corrected chi connectivity index (χ3v) is 8.10. The van der Waals surface area contributed by atoms with Gasteiger partial charge in [0, 0.05) is 24.2 Å². The Morgan fingerprint density at radius 1 is 0.971 bits per heavy atom. The van der Waals surface area contributed by atoms with Gasteiger partial charge in [0.2, 0.25) is 10.0 Å². The van der Waals surface area contributed by atoms with Gasteiger partial charge >= 0.3 is 0 Å². The van der Waals surface area contributed by atoms with Crippen LogP contribution in [0.25, 0.3) is 0 Å². The van der Waals surface area contributed by atoms with Crippen molar-refractivity contribution in [3.8, 4) is 23.0 Å². The molecule has 2 aliphatic rings. The molecule has 9 heteroatoms. The first-order valence-electron chi connectivity index (χ1n) is 11.0. The number of hydrogen-bond donors (Lipinski definition) is 1. The summed E-state index contributed by atoms with van der Waals surface area (Å²) < 4.78 is 41.0.